The van der Waals surface area contributed by atoms with Crippen molar-refractivity contribution in [2.75, 3.05) is 5.32 Å². The third-order valence-electron chi connectivity index (χ3n) is 1.94. The Morgan fingerprint density at radius 3 is 2.86 bits per heavy atom. The third-order valence-corrected chi connectivity index (χ3v) is 2.17. The van der Waals surface area contributed by atoms with Gasteiger partial charge in [-0.1, -0.05) is 24.9 Å². The van der Waals surface area contributed by atoms with Crippen LogP contribution in [0, 0.1) is 0 Å². The molecule has 1 aromatic rings. The smallest absolute Gasteiger partial charge is 0.315 e. The molecule has 0 bridgehead atoms. The highest BCUT2D eigenvalue weighted by Crippen LogP contribution is 2.11. The predicted octanol–water partition coefficient (Wildman–Crippen LogP) is 2.80. The average Bonchev–Trinajstić information content (AvgIpc) is 2.62. The lowest BCUT2D eigenvalue weighted by Gasteiger charge is -2.09. The Hall–Kier alpha value is -0.770. The molecule has 0 aliphatic rings. The predicted molar refractivity (Wildman–Crippen MR) is 56.5 cm³/mol. The summed E-state index contributed by atoms with van der Waals surface area (Å²) >= 11 is 5.54. The molecule has 1 atom stereocenters. The molecule has 0 aromatic carbocycles. The summed E-state index contributed by atoms with van der Waals surface area (Å²) in [5.41, 5.74) is 0. The second-order valence-electron chi connectivity index (χ2n) is 3.32. The maximum atomic E-state index is 5.54. The molecule has 80 valence electrons. The quantitative estimate of drug-likeness (QED) is 0.745. The summed E-state index contributed by atoms with van der Waals surface area (Å²) in [7, 11) is 0. The van der Waals surface area contributed by atoms with Crippen LogP contribution in [-0.2, 0) is 5.88 Å². The van der Waals surface area contributed by atoms with Gasteiger partial charge >= 0.3 is 6.01 Å². The minimum absolute atomic E-state index is 0.262. The molecule has 0 spiro atoms. The van der Waals surface area contributed by atoms with Crippen LogP contribution in [0.1, 0.15) is 39.0 Å². The largest absolute Gasteiger partial charge is 0.407 e. The van der Waals surface area contributed by atoms with Crippen LogP contribution in [0.5, 0.6) is 0 Å². The third kappa shape index (κ3) is 3.54. The number of nitrogens with zero attached hydrogens (tertiary/aromatic N) is 2. The number of unbranched alkanes of at least 4 members (excludes halogenated alkanes) is 1. The summed E-state index contributed by atoms with van der Waals surface area (Å²) in [6.07, 6.45) is 3.50. The maximum absolute atomic E-state index is 5.54. The Bertz CT molecular complexity index is 264. The highest BCUT2D eigenvalue weighted by molar-refractivity contribution is 6.16. The van der Waals surface area contributed by atoms with Crippen molar-refractivity contribution in [3.05, 3.63) is 5.89 Å². The van der Waals surface area contributed by atoms with E-state index >= 15 is 0 Å². The average molecular weight is 218 g/mol. The van der Waals surface area contributed by atoms with E-state index in [1.807, 2.05) is 0 Å². The van der Waals surface area contributed by atoms with Crippen LogP contribution in [0.2, 0.25) is 0 Å². The number of rotatable bonds is 6. The molecule has 0 aliphatic heterocycles. The number of nitrogens with one attached hydrogen (secondary N) is 1. The van der Waals surface area contributed by atoms with E-state index in [1.54, 1.807) is 0 Å². The first-order valence-electron chi connectivity index (χ1n) is 4.91. The van der Waals surface area contributed by atoms with Gasteiger partial charge < -0.3 is 9.73 Å². The van der Waals surface area contributed by atoms with Crippen molar-refractivity contribution >= 4 is 17.6 Å². The van der Waals surface area contributed by atoms with Gasteiger partial charge in [0.15, 0.2) is 0 Å². The van der Waals surface area contributed by atoms with Crippen molar-refractivity contribution in [2.45, 2.75) is 45.0 Å². The number of aromatic nitrogens is 2. The SMILES string of the molecule is CCCCC(C)Nc1nnc(CCl)o1. The van der Waals surface area contributed by atoms with Gasteiger partial charge in [-0.3, -0.25) is 0 Å². The zero-order chi connectivity index (χ0) is 10.4. The van der Waals surface area contributed by atoms with E-state index in [2.05, 4.69) is 29.4 Å². The number of anilines is 1. The van der Waals surface area contributed by atoms with Gasteiger partial charge in [0.1, 0.15) is 5.88 Å². The molecule has 4 nitrogen and oxygen atoms in total. The van der Waals surface area contributed by atoms with E-state index in [0.29, 0.717) is 17.9 Å². The second kappa shape index (κ2) is 5.86. The molecule has 0 fully saturated rings. The zero-order valence-corrected chi connectivity index (χ0v) is 9.34. The van der Waals surface area contributed by atoms with Crippen LogP contribution < -0.4 is 5.32 Å². The first-order chi connectivity index (χ1) is 6.76. The molecule has 0 saturated heterocycles. The topological polar surface area (TPSA) is 51.0 Å². The summed E-state index contributed by atoms with van der Waals surface area (Å²) < 4.78 is 5.22. The Labute approximate surface area is 89.0 Å². The monoisotopic (exact) mass is 217 g/mol. The maximum Gasteiger partial charge on any atom is 0.315 e. The van der Waals surface area contributed by atoms with Crippen molar-refractivity contribution in [2.24, 2.45) is 0 Å². The number of alkyl halides is 1. The Kier molecular flexibility index (Phi) is 4.73. The van der Waals surface area contributed by atoms with E-state index < -0.39 is 0 Å². The molecule has 14 heavy (non-hydrogen) atoms. The Balaban J connectivity index is 2.35. The van der Waals surface area contributed by atoms with Crippen molar-refractivity contribution in [1.82, 2.24) is 10.2 Å². The molecule has 5 heteroatoms. The van der Waals surface area contributed by atoms with Crippen LogP contribution in [0.4, 0.5) is 6.01 Å². The highest BCUT2D eigenvalue weighted by atomic mass is 35.5. The van der Waals surface area contributed by atoms with Crippen molar-refractivity contribution in [1.29, 1.82) is 0 Å². The van der Waals surface area contributed by atoms with E-state index in [1.165, 1.54) is 12.8 Å². The molecule has 0 amide bonds. The summed E-state index contributed by atoms with van der Waals surface area (Å²) in [6, 6.07) is 0.822. The van der Waals surface area contributed by atoms with E-state index in [-0.39, 0.29) is 5.88 Å². The normalized spacial score (nSPS) is 12.8. The van der Waals surface area contributed by atoms with E-state index in [9.17, 15) is 0 Å². The first-order valence-corrected chi connectivity index (χ1v) is 5.44. The van der Waals surface area contributed by atoms with Gasteiger partial charge in [0, 0.05) is 6.04 Å². The summed E-state index contributed by atoms with van der Waals surface area (Å²) in [5.74, 6) is 0.717. The fourth-order valence-corrected chi connectivity index (χ4v) is 1.27. The molecule has 1 N–H and O–H groups in total. The van der Waals surface area contributed by atoms with Gasteiger partial charge in [0.25, 0.3) is 0 Å². The van der Waals surface area contributed by atoms with Crippen LogP contribution >= 0.6 is 11.6 Å². The van der Waals surface area contributed by atoms with Gasteiger partial charge in [-0.05, 0) is 13.3 Å². The zero-order valence-electron chi connectivity index (χ0n) is 8.59. The van der Waals surface area contributed by atoms with Gasteiger partial charge in [-0.2, -0.15) is 0 Å². The number of hydrogen-bond acceptors (Lipinski definition) is 4. The van der Waals surface area contributed by atoms with E-state index in [4.69, 9.17) is 16.0 Å². The molecular weight excluding hydrogens is 202 g/mol. The minimum atomic E-state index is 0.262. The van der Waals surface area contributed by atoms with Crippen LogP contribution in [0.3, 0.4) is 0 Å². The number of hydrogen-bond donors (Lipinski definition) is 1. The van der Waals surface area contributed by atoms with Crippen molar-refractivity contribution in [3.8, 4) is 0 Å². The molecule has 0 saturated carbocycles. The minimum Gasteiger partial charge on any atom is -0.407 e. The standard InChI is InChI=1S/C9H16ClN3O/c1-3-4-5-7(2)11-9-13-12-8(6-10)14-9/h7H,3-6H2,1-2H3,(H,11,13). The highest BCUT2D eigenvalue weighted by Gasteiger charge is 2.07. The molecule has 1 aromatic heterocycles. The van der Waals surface area contributed by atoms with Gasteiger partial charge in [0.05, 0.1) is 0 Å². The van der Waals surface area contributed by atoms with E-state index in [0.717, 1.165) is 6.42 Å². The molecule has 0 radical (unpaired) electrons. The fraction of sp³-hybridized carbons (Fsp3) is 0.778. The lowest BCUT2D eigenvalue weighted by atomic mass is 10.1. The van der Waals surface area contributed by atoms with Crippen LogP contribution in [-0.4, -0.2) is 16.2 Å². The molecule has 1 rings (SSSR count). The van der Waals surface area contributed by atoms with Gasteiger partial charge in [-0.25, -0.2) is 0 Å². The van der Waals surface area contributed by atoms with Crippen LogP contribution in [0.25, 0.3) is 0 Å². The number of halogens is 1. The lowest BCUT2D eigenvalue weighted by Crippen LogP contribution is -2.14. The van der Waals surface area contributed by atoms with Gasteiger partial charge in [-0.15, -0.1) is 16.7 Å². The summed E-state index contributed by atoms with van der Waals surface area (Å²) in [6.45, 7) is 4.27. The Morgan fingerprint density at radius 2 is 2.29 bits per heavy atom. The first kappa shape index (κ1) is 11.3. The molecule has 1 heterocycles. The van der Waals surface area contributed by atoms with Crippen molar-refractivity contribution in [3.63, 3.8) is 0 Å². The van der Waals surface area contributed by atoms with Gasteiger partial charge in [0.2, 0.25) is 5.89 Å². The second-order valence-corrected chi connectivity index (χ2v) is 3.59. The molecule has 0 aliphatic carbocycles. The summed E-state index contributed by atoms with van der Waals surface area (Å²) in [5, 5.41) is 10.7. The van der Waals surface area contributed by atoms with Crippen LogP contribution in [0.15, 0.2) is 4.42 Å². The molecule has 1 unspecified atom stereocenters. The van der Waals surface area contributed by atoms with Crippen molar-refractivity contribution < 1.29 is 4.42 Å². The fourth-order valence-electron chi connectivity index (χ4n) is 1.16. The molecular formula is C9H16ClN3O. The Morgan fingerprint density at radius 1 is 1.50 bits per heavy atom. The lowest BCUT2D eigenvalue weighted by molar-refractivity contribution is 0.513. The summed E-state index contributed by atoms with van der Waals surface area (Å²) in [4.78, 5) is 0.